The van der Waals surface area contributed by atoms with Crippen molar-refractivity contribution in [2.24, 2.45) is 0 Å². The molecule has 0 aliphatic carbocycles. The highest BCUT2D eigenvalue weighted by molar-refractivity contribution is 6.29. The number of hydrogen-bond donors (Lipinski definition) is 0. The molecule has 0 N–H and O–H groups in total. The Hall–Kier alpha value is -2.27. The highest BCUT2D eigenvalue weighted by Gasteiger charge is 2.04. The summed E-state index contributed by atoms with van der Waals surface area (Å²) in [6.45, 7) is 0.320. The van der Waals surface area contributed by atoms with Crippen LogP contribution in [-0.4, -0.2) is 19.5 Å². The van der Waals surface area contributed by atoms with Crippen LogP contribution in [0.5, 0.6) is 0 Å². The summed E-state index contributed by atoms with van der Waals surface area (Å²) >= 11 is 5.67. The van der Waals surface area contributed by atoms with E-state index in [2.05, 4.69) is 15.0 Å². The second-order valence-corrected chi connectivity index (χ2v) is 4.41. The first kappa shape index (κ1) is 11.8. The van der Waals surface area contributed by atoms with Gasteiger partial charge in [-0.1, -0.05) is 23.7 Å². The van der Waals surface area contributed by atoms with Crippen LogP contribution in [0.4, 0.5) is 0 Å². The minimum absolute atomic E-state index is 0.0950. The molecule has 0 saturated carbocycles. The third-order valence-electron chi connectivity index (χ3n) is 2.74. The van der Waals surface area contributed by atoms with Crippen LogP contribution in [0.2, 0.25) is 5.15 Å². The number of rotatable bonds is 2. The van der Waals surface area contributed by atoms with Crippen molar-refractivity contribution >= 4 is 22.5 Å². The zero-order valence-electron chi connectivity index (χ0n) is 9.82. The lowest BCUT2D eigenvalue weighted by Crippen LogP contribution is -2.21. The molecule has 0 aliphatic heterocycles. The van der Waals surface area contributed by atoms with E-state index in [4.69, 9.17) is 11.6 Å². The molecule has 5 nitrogen and oxygen atoms in total. The predicted molar refractivity (Wildman–Crippen MR) is 72.1 cm³/mol. The minimum atomic E-state index is -0.0950. The molecular formula is C13H9ClN4O. The summed E-state index contributed by atoms with van der Waals surface area (Å²) in [6.07, 6.45) is 4.52. The monoisotopic (exact) mass is 272 g/mol. The molecule has 94 valence electrons. The lowest BCUT2D eigenvalue weighted by molar-refractivity contribution is 0.725. The highest BCUT2D eigenvalue weighted by atomic mass is 35.5. The molecule has 0 saturated heterocycles. The maximum Gasteiger partial charge on any atom is 0.261 e. The normalized spacial score (nSPS) is 10.8. The molecule has 0 spiro atoms. The third-order valence-corrected chi connectivity index (χ3v) is 2.93. The van der Waals surface area contributed by atoms with E-state index in [-0.39, 0.29) is 5.56 Å². The summed E-state index contributed by atoms with van der Waals surface area (Å²) < 4.78 is 1.50. The average molecular weight is 273 g/mol. The maximum atomic E-state index is 12.2. The molecule has 2 aromatic heterocycles. The minimum Gasteiger partial charge on any atom is -0.293 e. The zero-order chi connectivity index (χ0) is 13.2. The van der Waals surface area contributed by atoms with Gasteiger partial charge < -0.3 is 0 Å². The van der Waals surface area contributed by atoms with E-state index in [9.17, 15) is 4.79 Å². The number of fused-ring (bicyclic) bond motifs is 1. The largest absolute Gasteiger partial charge is 0.293 e. The van der Waals surface area contributed by atoms with E-state index in [0.717, 1.165) is 0 Å². The molecule has 0 atom stereocenters. The van der Waals surface area contributed by atoms with E-state index in [1.807, 2.05) is 18.2 Å². The molecule has 19 heavy (non-hydrogen) atoms. The summed E-state index contributed by atoms with van der Waals surface area (Å²) in [5.74, 6) is 0. The Morgan fingerprint density at radius 1 is 1.11 bits per heavy atom. The van der Waals surface area contributed by atoms with Gasteiger partial charge in [0.25, 0.3) is 5.56 Å². The molecule has 0 unspecified atom stereocenters. The molecule has 0 fully saturated rings. The van der Waals surface area contributed by atoms with E-state index in [1.54, 1.807) is 12.3 Å². The van der Waals surface area contributed by atoms with Gasteiger partial charge >= 0.3 is 0 Å². The Kier molecular flexibility index (Phi) is 2.97. The smallest absolute Gasteiger partial charge is 0.261 e. The molecule has 0 aliphatic rings. The summed E-state index contributed by atoms with van der Waals surface area (Å²) in [5.41, 5.74) is 1.25. The Balaban J connectivity index is 2.04. The van der Waals surface area contributed by atoms with Crippen molar-refractivity contribution in [1.29, 1.82) is 0 Å². The number of benzene rings is 1. The summed E-state index contributed by atoms with van der Waals surface area (Å²) in [7, 11) is 0. The van der Waals surface area contributed by atoms with Crippen molar-refractivity contribution in [2.45, 2.75) is 6.54 Å². The molecule has 1 aromatic carbocycles. The van der Waals surface area contributed by atoms with Crippen molar-refractivity contribution in [3.63, 3.8) is 0 Å². The molecule has 3 rings (SSSR count). The van der Waals surface area contributed by atoms with Gasteiger partial charge in [0.1, 0.15) is 5.15 Å². The lowest BCUT2D eigenvalue weighted by atomic mass is 10.2. The second kappa shape index (κ2) is 4.78. The molecular weight excluding hydrogens is 264 g/mol. The molecule has 6 heteroatoms. The Labute approximate surface area is 113 Å². The van der Waals surface area contributed by atoms with Gasteiger partial charge in [-0.25, -0.2) is 9.97 Å². The van der Waals surface area contributed by atoms with Crippen molar-refractivity contribution in [2.75, 3.05) is 0 Å². The molecule has 0 radical (unpaired) electrons. The molecule has 2 heterocycles. The number of nitrogens with zero attached hydrogens (tertiary/aromatic N) is 4. The van der Waals surface area contributed by atoms with Gasteiger partial charge in [-0.15, -0.1) is 0 Å². The van der Waals surface area contributed by atoms with Gasteiger partial charge in [-0.3, -0.25) is 14.3 Å². The van der Waals surface area contributed by atoms with E-state index >= 15 is 0 Å². The van der Waals surface area contributed by atoms with Gasteiger partial charge in [0.2, 0.25) is 0 Å². The number of halogens is 1. The van der Waals surface area contributed by atoms with Crippen LogP contribution in [0.15, 0.2) is 47.8 Å². The van der Waals surface area contributed by atoms with E-state index < -0.39 is 0 Å². The van der Waals surface area contributed by atoms with Crippen LogP contribution in [0.3, 0.4) is 0 Å². The van der Waals surface area contributed by atoms with Gasteiger partial charge in [0, 0.05) is 0 Å². The SMILES string of the molecule is O=c1c2ccccc2ncn1Cc1cnc(Cl)cn1. The van der Waals surface area contributed by atoms with Crippen molar-refractivity contribution in [1.82, 2.24) is 19.5 Å². The predicted octanol–water partition coefficient (Wildman–Crippen LogP) is 1.89. The Morgan fingerprint density at radius 2 is 1.95 bits per heavy atom. The number of para-hydroxylation sites is 1. The maximum absolute atomic E-state index is 12.2. The van der Waals surface area contributed by atoms with Gasteiger partial charge in [0.15, 0.2) is 0 Å². The van der Waals surface area contributed by atoms with Crippen molar-refractivity contribution in [3.8, 4) is 0 Å². The number of aromatic nitrogens is 4. The summed E-state index contributed by atoms with van der Waals surface area (Å²) in [5, 5.41) is 0.916. The Bertz CT molecular complexity index is 783. The lowest BCUT2D eigenvalue weighted by Gasteiger charge is -2.05. The van der Waals surface area contributed by atoms with E-state index in [1.165, 1.54) is 17.1 Å². The van der Waals surface area contributed by atoms with Gasteiger partial charge in [0.05, 0.1) is 41.9 Å². The fourth-order valence-corrected chi connectivity index (χ4v) is 1.91. The highest BCUT2D eigenvalue weighted by Crippen LogP contribution is 2.06. The third kappa shape index (κ3) is 2.32. The summed E-state index contributed by atoms with van der Waals surface area (Å²) in [4.78, 5) is 24.5. The summed E-state index contributed by atoms with van der Waals surface area (Å²) in [6, 6.07) is 7.24. The Morgan fingerprint density at radius 3 is 2.74 bits per heavy atom. The number of hydrogen-bond acceptors (Lipinski definition) is 4. The molecule has 0 bridgehead atoms. The average Bonchev–Trinajstić information content (AvgIpc) is 2.45. The van der Waals surface area contributed by atoms with Crippen LogP contribution < -0.4 is 5.56 Å². The van der Waals surface area contributed by atoms with Crippen LogP contribution in [0.1, 0.15) is 5.69 Å². The quantitative estimate of drug-likeness (QED) is 0.715. The first-order valence-corrected chi connectivity index (χ1v) is 6.02. The van der Waals surface area contributed by atoms with Crippen molar-refractivity contribution in [3.05, 3.63) is 64.2 Å². The standard InChI is InChI=1S/C13H9ClN4O/c14-12-6-15-9(5-16-12)7-18-8-17-11-4-2-1-3-10(11)13(18)19/h1-6,8H,7H2. The van der Waals surface area contributed by atoms with Gasteiger partial charge in [-0.05, 0) is 12.1 Å². The van der Waals surface area contributed by atoms with Crippen LogP contribution >= 0.6 is 11.6 Å². The molecule has 3 aromatic rings. The second-order valence-electron chi connectivity index (χ2n) is 4.03. The molecule has 0 amide bonds. The van der Waals surface area contributed by atoms with E-state index in [0.29, 0.717) is 28.3 Å². The van der Waals surface area contributed by atoms with Gasteiger partial charge in [-0.2, -0.15) is 0 Å². The fourth-order valence-electron chi connectivity index (χ4n) is 1.81. The van der Waals surface area contributed by atoms with Crippen LogP contribution in [0.25, 0.3) is 10.9 Å². The first-order valence-electron chi connectivity index (χ1n) is 5.64. The zero-order valence-corrected chi connectivity index (χ0v) is 10.6. The van der Waals surface area contributed by atoms with Crippen molar-refractivity contribution < 1.29 is 0 Å². The topological polar surface area (TPSA) is 60.7 Å². The first-order chi connectivity index (χ1) is 9.24. The van der Waals surface area contributed by atoms with Crippen LogP contribution in [-0.2, 0) is 6.54 Å². The van der Waals surface area contributed by atoms with Crippen LogP contribution in [0, 0.1) is 0 Å². The fraction of sp³-hybridized carbons (Fsp3) is 0.0769.